The Kier molecular flexibility index (Phi) is 4.84. The summed E-state index contributed by atoms with van der Waals surface area (Å²) >= 11 is 0. The molecular formula is C19H17F3O3S. The van der Waals surface area contributed by atoms with Gasteiger partial charge in [-0.2, -0.15) is 21.6 Å². The van der Waals surface area contributed by atoms with E-state index < -0.39 is 21.0 Å². The lowest BCUT2D eigenvalue weighted by molar-refractivity contribution is -0.0524. The summed E-state index contributed by atoms with van der Waals surface area (Å²) in [6.45, 7) is 0. The van der Waals surface area contributed by atoms with Crippen LogP contribution < -0.4 is 0 Å². The zero-order valence-electron chi connectivity index (χ0n) is 13.7. The second kappa shape index (κ2) is 6.79. The number of hydrogen-bond acceptors (Lipinski definition) is 3. The molecule has 0 bridgehead atoms. The van der Waals surface area contributed by atoms with Gasteiger partial charge < -0.3 is 4.18 Å². The number of halogens is 3. The topological polar surface area (TPSA) is 43.4 Å². The Balaban J connectivity index is 1.95. The average molecular weight is 382 g/mol. The molecule has 2 aromatic carbocycles. The van der Waals surface area contributed by atoms with Crippen LogP contribution in [0.15, 0.2) is 72.5 Å². The van der Waals surface area contributed by atoms with Crippen LogP contribution in [-0.4, -0.2) is 13.9 Å². The predicted molar refractivity (Wildman–Crippen MR) is 91.7 cm³/mol. The fourth-order valence-electron chi connectivity index (χ4n) is 3.30. The van der Waals surface area contributed by atoms with E-state index in [0.717, 1.165) is 11.1 Å². The standard InChI is InChI=1S/C19H17F3O3S/c20-19(21,22)26(23,24)25-17-11-13-18(14-12-17,15-7-3-1-4-8-15)16-9-5-2-6-10-16/h1-11H,12-14H2. The van der Waals surface area contributed by atoms with Crippen molar-refractivity contribution >= 4 is 10.1 Å². The van der Waals surface area contributed by atoms with Crippen LogP contribution in [0, 0.1) is 0 Å². The van der Waals surface area contributed by atoms with Crippen molar-refractivity contribution < 1.29 is 25.8 Å². The van der Waals surface area contributed by atoms with E-state index in [1.807, 2.05) is 60.7 Å². The number of hydrogen-bond donors (Lipinski definition) is 0. The predicted octanol–water partition coefficient (Wildman–Crippen LogP) is 4.91. The quantitative estimate of drug-likeness (QED) is 0.558. The van der Waals surface area contributed by atoms with Gasteiger partial charge in [0.2, 0.25) is 0 Å². The van der Waals surface area contributed by atoms with Crippen molar-refractivity contribution in [3.63, 3.8) is 0 Å². The highest BCUT2D eigenvalue weighted by molar-refractivity contribution is 7.87. The summed E-state index contributed by atoms with van der Waals surface area (Å²) < 4.78 is 64.4. The molecule has 0 spiro atoms. The number of benzene rings is 2. The van der Waals surface area contributed by atoms with Crippen molar-refractivity contribution in [1.82, 2.24) is 0 Å². The van der Waals surface area contributed by atoms with Crippen molar-refractivity contribution in [2.75, 3.05) is 0 Å². The zero-order chi connectivity index (χ0) is 18.8. The van der Waals surface area contributed by atoms with Crippen LogP contribution in [-0.2, 0) is 19.7 Å². The van der Waals surface area contributed by atoms with Gasteiger partial charge in [-0.25, -0.2) is 0 Å². The first-order valence-corrected chi connectivity index (χ1v) is 9.46. The molecule has 0 radical (unpaired) electrons. The van der Waals surface area contributed by atoms with Gasteiger partial charge in [-0.05, 0) is 30.0 Å². The Morgan fingerprint density at radius 2 is 1.38 bits per heavy atom. The molecule has 0 saturated heterocycles. The van der Waals surface area contributed by atoms with Crippen LogP contribution in [0.3, 0.4) is 0 Å². The molecule has 1 aliphatic rings. The molecule has 0 amide bonds. The Labute approximate surface area is 150 Å². The summed E-state index contributed by atoms with van der Waals surface area (Å²) in [7, 11) is -5.63. The van der Waals surface area contributed by atoms with Crippen LogP contribution >= 0.6 is 0 Å². The molecular weight excluding hydrogens is 365 g/mol. The maximum atomic E-state index is 12.5. The van der Waals surface area contributed by atoms with E-state index in [-0.39, 0.29) is 12.2 Å². The van der Waals surface area contributed by atoms with Gasteiger partial charge in [-0.3, -0.25) is 0 Å². The first-order chi connectivity index (χ1) is 12.2. The number of alkyl halides is 3. The van der Waals surface area contributed by atoms with Gasteiger partial charge in [0.15, 0.2) is 0 Å². The Morgan fingerprint density at radius 1 is 0.885 bits per heavy atom. The fourth-order valence-corrected chi connectivity index (χ4v) is 3.83. The van der Waals surface area contributed by atoms with E-state index in [2.05, 4.69) is 4.18 Å². The summed E-state index contributed by atoms with van der Waals surface area (Å²) in [4.78, 5) is 0. The van der Waals surface area contributed by atoms with Crippen LogP contribution in [0.1, 0.15) is 30.4 Å². The monoisotopic (exact) mass is 382 g/mol. The first kappa shape index (κ1) is 18.5. The van der Waals surface area contributed by atoms with Crippen LogP contribution in [0.25, 0.3) is 0 Å². The molecule has 0 saturated carbocycles. The Bertz CT molecular complexity index is 849. The van der Waals surface area contributed by atoms with Crippen molar-refractivity contribution in [3.05, 3.63) is 83.6 Å². The first-order valence-electron chi connectivity index (χ1n) is 8.05. The third-order valence-electron chi connectivity index (χ3n) is 4.63. The molecule has 2 aromatic rings. The van der Waals surface area contributed by atoms with E-state index in [0.29, 0.717) is 12.8 Å². The second-order valence-corrected chi connectivity index (χ2v) is 7.71. The molecule has 26 heavy (non-hydrogen) atoms. The highest BCUT2D eigenvalue weighted by Gasteiger charge is 2.49. The normalized spacial score (nSPS) is 17.4. The summed E-state index contributed by atoms with van der Waals surface area (Å²) in [5.41, 5.74) is -3.81. The SMILES string of the molecule is O=S(=O)(OC1=CCC(c2ccccc2)(c2ccccc2)CC1)C(F)(F)F. The van der Waals surface area contributed by atoms with Gasteiger partial charge in [0.25, 0.3) is 0 Å². The Morgan fingerprint density at radius 3 is 1.77 bits per heavy atom. The zero-order valence-corrected chi connectivity index (χ0v) is 14.6. The molecule has 1 aliphatic carbocycles. The minimum atomic E-state index is -5.63. The van der Waals surface area contributed by atoms with E-state index in [9.17, 15) is 21.6 Å². The van der Waals surface area contributed by atoms with Gasteiger partial charge in [0.1, 0.15) is 5.76 Å². The summed E-state index contributed by atoms with van der Waals surface area (Å²) in [6, 6.07) is 19.3. The molecule has 0 unspecified atom stereocenters. The molecule has 0 N–H and O–H groups in total. The second-order valence-electron chi connectivity index (χ2n) is 6.17. The fraction of sp³-hybridized carbons (Fsp3) is 0.263. The summed E-state index contributed by atoms with van der Waals surface area (Å²) in [5, 5.41) is 0. The molecule has 0 fully saturated rings. The van der Waals surface area contributed by atoms with E-state index in [1.54, 1.807) is 0 Å². The lowest BCUT2D eigenvalue weighted by Gasteiger charge is -2.37. The lowest BCUT2D eigenvalue weighted by atomic mass is 9.67. The molecule has 0 atom stereocenters. The van der Waals surface area contributed by atoms with Gasteiger partial charge >= 0.3 is 15.6 Å². The minimum Gasteiger partial charge on any atom is -0.381 e. The summed E-state index contributed by atoms with van der Waals surface area (Å²) in [6.07, 6.45) is 2.34. The third-order valence-corrected chi connectivity index (χ3v) is 5.63. The van der Waals surface area contributed by atoms with Gasteiger partial charge in [-0.1, -0.05) is 60.7 Å². The van der Waals surface area contributed by atoms with E-state index in [1.165, 1.54) is 6.08 Å². The highest BCUT2D eigenvalue weighted by atomic mass is 32.2. The van der Waals surface area contributed by atoms with Crippen LogP contribution in [0.2, 0.25) is 0 Å². The van der Waals surface area contributed by atoms with Crippen molar-refractivity contribution in [2.45, 2.75) is 30.2 Å². The molecule has 0 aromatic heterocycles. The van der Waals surface area contributed by atoms with Crippen LogP contribution in [0.4, 0.5) is 13.2 Å². The van der Waals surface area contributed by atoms with Crippen molar-refractivity contribution in [2.24, 2.45) is 0 Å². The van der Waals surface area contributed by atoms with Crippen molar-refractivity contribution in [1.29, 1.82) is 0 Å². The maximum Gasteiger partial charge on any atom is 0.534 e. The molecule has 0 heterocycles. The Hall–Kier alpha value is -2.28. The van der Waals surface area contributed by atoms with Gasteiger partial charge in [0.05, 0.1) is 0 Å². The van der Waals surface area contributed by atoms with Gasteiger partial charge in [-0.15, -0.1) is 0 Å². The smallest absolute Gasteiger partial charge is 0.381 e. The molecule has 0 aliphatic heterocycles. The minimum absolute atomic E-state index is 0.0963. The highest BCUT2D eigenvalue weighted by Crippen LogP contribution is 2.45. The van der Waals surface area contributed by atoms with E-state index >= 15 is 0 Å². The average Bonchev–Trinajstić information content (AvgIpc) is 2.63. The lowest BCUT2D eigenvalue weighted by Crippen LogP contribution is -2.31. The molecule has 138 valence electrons. The third kappa shape index (κ3) is 3.49. The van der Waals surface area contributed by atoms with Crippen molar-refractivity contribution in [3.8, 4) is 0 Å². The van der Waals surface area contributed by atoms with E-state index in [4.69, 9.17) is 0 Å². The number of rotatable bonds is 4. The number of allylic oxidation sites excluding steroid dienone is 2. The van der Waals surface area contributed by atoms with Gasteiger partial charge in [0, 0.05) is 11.8 Å². The molecule has 7 heteroatoms. The maximum absolute atomic E-state index is 12.5. The molecule has 3 nitrogen and oxygen atoms in total. The summed E-state index contributed by atoms with van der Waals surface area (Å²) in [5.74, 6) is -0.162. The molecule has 3 rings (SSSR count). The van der Waals surface area contributed by atoms with Crippen LogP contribution in [0.5, 0.6) is 0 Å². The largest absolute Gasteiger partial charge is 0.534 e.